The van der Waals surface area contributed by atoms with Gasteiger partial charge in [0.05, 0.1) is 17.6 Å². The number of aliphatic hydroxyl groups excluding tert-OH is 2. The van der Waals surface area contributed by atoms with Crippen LogP contribution in [0.3, 0.4) is 0 Å². The highest BCUT2D eigenvalue weighted by Gasteiger charge is 2.69. The van der Waals surface area contributed by atoms with Gasteiger partial charge in [-0.15, -0.1) is 0 Å². The van der Waals surface area contributed by atoms with Gasteiger partial charge in [0.25, 0.3) is 0 Å². The van der Waals surface area contributed by atoms with E-state index < -0.39 is 28.7 Å². The molecule has 6 atom stereocenters. The van der Waals surface area contributed by atoms with Crippen LogP contribution in [0.5, 0.6) is 0 Å². The summed E-state index contributed by atoms with van der Waals surface area (Å²) in [6.45, 7) is 5.52. The van der Waals surface area contributed by atoms with Gasteiger partial charge < -0.3 is 19.4 Å². The van der Waals surface area contributed by atoms with Crippen molar-refractivity contribution in [3.8, 4) is 0 Å². The predicted octanol–water partition coefficient (Wildman–Crippen LogP) is 0.689. The van der Waals surface area contributed by atoms with Crippen LogP contribution in [0.15, 0.2) is 15.3 Å². The van der Waals surface area contributed by atoms with E-state index in [1.807, 2.05) is 13.8 Å². The maximum atomic E-state index is 12.5. The molecule has 1 saturated carbocycles. The number of hydrogen-bond acceptors (Lipinski definition) is 6. The van der Waals surface area contributed by atoms with Gasteiger partial charge in [-0.2, -0.15) is 0 Å². The number of carbonyl (C=O) groups excluding carboxylic acids is 1. The summed E-state index contributed by atoms with van der Waals surface area (Å²) in [5.41, 5.74) is -0.752. The zero-order valence-electron chi connectivity index (χ0n) is 14.0. The molecule has 2 fully saturated rings. The van der Waals surface area contributed by atoms with Crippen molar-refractivity contribution in [3.63, 3.8) is 0 Å². The smallest absolute Gasteiger partial charge is 0.336 e. The quantitative estimate of drug-likeness (QED) is 0.734. The number of ether oxygens (including phenoxy) is 1. The van der Waals surface area contributed by atoms with Crippen LogP contribution < -0.4 is 5.63 Å². The third-order valence-electron chi connectivity index (χ3n) is 6.50. The average molecular weight is 334 g/mol. The number of hydrogen-bond donors (Lipinski definition) is 2. The van der Waals surface area contributed by atoms with Crippen molar-refractivity contribution in [1.29, 1.82) is 0 Å². The Kier molecular flexibility index (Phi) is 3.10. The topological polar surface area (TPSA) is 97.0 Å². The first kappa shape index (κ1) is 15.8. The van der Waals surface area contributed by atoms with Gasteiger partial charge in [0, 0.05) is 30.2 Å². The van der Waals surface area contributed by atoms with Crippen LogP contribution >= 0.6 is 0 Å². The molecule has 4 rings (SSSR count). The molecular formula is C18H22O6. The first-order valence-corrected chi connectivity index (χ1v) is 8.47. The summed E-state index contributed by atoms with van der Waals surface area (Å²) in [7, 11) is 0. The lowest BCUT2D eigenvalue weighted by molar-refractivity contribution is -0.155. The molecular weight excluding hydrogens is 312 g/mol. The Morgan fingerprint density at radius 2 is 2.00 bits per heavy atom. The second-order valence-corrected chi connectivity index (χ2v) is 7.78. The van der Waals surface area contributed by atoms with Crippen molar-refractivity contribution in [3.05, 3.63) is 33.4 Å². The monoisotopic (exact) mass is 334 g/mol. The molecule has 3 aliphatic rings. The van der Waals surface area contributed by atoms with E-state index in [1.165, 1.54) is 6.07 Å². The van der Waals surface area contributed by atoms with Crippen LogP contribution in [0, 0.1) is 11.3 Å². The number of aryl methyl sites for hydroxylation is 1. The summed E-state index contributed by atoms with van der Waals surface area (Å²) in [5.74, 6) is -0.0520. The first-order chi connectivity index (χ1) is 11.2. The number of fused-ring (bicyclic) bond motifs is 2. The summed E-state index contributed by atoms with van der Waals surface area (Å²) < 4.78 is 11.0. The lowest BCUT2D eigenvalue weighted by Crippen LogP contribution is -2.63. The minimum absolute atomic E-state index is 0.168. The van der Waals surface area contributed by atoms with Crippen LogP contribution in [-0.4, -0.2) is 34.5 Å². The van der Waals surface area contributed by atoms with Gasteiger partial charge in [-0.1, -0.05) is 13.8 Å². The summed E-state index contributed by atoms with van der Waals surface area (Å²) >= 11 is 0. The van der Waals surface area contributed by atoms with Crippen molar-refractivity contribution in [2.24, 2.45) is 11.3 Å². The number of carbonyl (C=O) groups is 1. The molecule has 6 heteroatoms. The van der Waals surface area contributed by atoms with Crippen LogP contribution in [-0.2, 0) is 27.8 Å². The van der Waals surface area contributed by atoms with Crippen LogP contribution in [0.25, 0.3) is 0 Å². The van der Waals surface area contributed by atoms with Gasteiger partial charge in [0.1, 0.15) is 11.9 Å². The normalized spacial score (nSPS) is 43.1. The van der Waals surface area contributed by atoms with Crippen molar-refractivity contribution >= 4 is 5.97 Å². The molecule has 1 saturated heterocycles. The lowest BCUT2D eigenvalue weighted by atomic mass is 9.48. The highest BCUT2D eigenvalue weighted by Crippen LogP contribution is 2.61. The third kappa shape index (κ3) is 1.68. The SMILES string of the molecule is CCc1oc(=O)cc2c1C[C@H]1OC(=O)[C@@]3(C)CC(O)C(O)[C@@]2(C)[C@@H]13. The molecule has 6 nitrogen and oxygen atoms in total. The molecule has 0 aromatic carbocycles. The largest absolute Gasteiger partial charge is 0.461 e. The molecule has 2 heterocycles. The number of esters is 1. The molecule has 130 valence electrons. The van der Waals surface area contributed by atoms with Gasteiger partial charge in [0.2, 0.25) is 0 Å². The highest BCUT2D eigenvalue weighted by molar-refractivity contribution is 5.81. The molecule has 2 unspecified atom stereocenters. The third-order valence-corrected chi connectivity index (χ3v) is 6.50. The molecule has 2 N–H and O–H groups in total. The first-order valence-electron chi connectivity index (χ1n) is 8.47. The number of aliphatic hydroxyl groups is 2. The predicted molar refractivity (Wildman–Crippen MR) is 83.5 cm³/mol. The molecule has 2 aliphatic carbocycles. The Hall–Kier alpha value is -1.66. The maximum Gasteiger partial charge on any atom is 0.336 e. The van der Waals surface area contributed by atoms with Gasteiger partial charge in [0.15, 0.2) is 0 Å². The van der Waals surface area contributed by atoms with E-state index in [1.54, 1.807) is 6.92 Å². The zero-order chi connectivity index (χ0) is 17.4. The van der Waals surface area contributed by atoms with E-state index >= 15 is 0 Å². The standard InChI is InChI=1S/C18H22O6/c1-4-11-8-5-12-14-17(2,16(22)24-12)7-10(19)15(21)18(14,3)9(8)6-13(20)23-11/h6,10,12,14-15,19,21H,4-5,7H2,1-3H3/t10?,12-,14+,15?,17+,18-/m1/s1. The Morgan fingerprint density at radius 1 is 1.29 bits per heavy atom. The van der Waals surface area contributed by atoms with Gasteiger partial charge in [-0.05, 0) is 24.5 Å². The summed E-state index contributed by atoms with van der Waals surface area (Å²) in [6.07, 6.45) is -1.31. The van der Waals surface area contributed by atoms with E-state index in [2.05, 4.69) is 0 Å². The molecule has 0 spiro atoms. The lowest BCUT2D eigenvalue weighted by Gasteiger charge is -2.55. The van der Waals surface area contributed by atoms with Gasteiger partial charge in [-0.25, -0.2) is 4.79 Å². The second kappa shape index (κ2) is 4.70. The van der Waals surface area contributed by atoms with E-state index in [-0.39, 0.29) is 24.4 Å². The Labute approximate surface area is 139 Å². The Morgan fingerprint density at radius 3 is 2.67 bits per heavy atom. The molecule has 1 aliphatic heterocycles. The minimum Gasteiger partial charge on any atom is -0.461 e. The number of rotatable bonds is 1. The fourth-order valence-electron chi connectivity index (χ4n) is 5.51. The minimum atomic E-state index is -1.07. The van der Waals surface area contributed by atoms with E-state index in [4.69, 9.17) is 9.15 Å². The molecule has 24 heavy (non-hydrogen) atoms. The Bertz CT molecular complexity index is 782. The van der Waals surface area contributed by atoms with Crippen LogP contribution in [0.1, 0.15) is 44.1 Å². The second-order valence-electron chi connectivity index (χ2n) is 7.78. The van der Waals surface area contributed by atoms with E-state index in [0.717, 1.165) is 5.56 Å². The van der Waals surface area contributed by atoms with E-state index in [0.29, 0.717) is 24.2 Å². The highest BCUT2D eigenvalue weighted by atomic mass is 16.6. The van der Waals surface area contributed by atoms with Crippen molar-refractivity contribution in [1.82, 2.24) is 0 Å². The van der Waals surface area contributed by atoms with E-state index in [9.17, 15) is 19.8 Å². The van der Waals surface area contributed by atoms with Crippen molar-refractivity contribution in [2.45, 2.75) is 63.8 Å². The van der Waals surface area contributed by atoms with Gasteiger partial charge in [-0.3, -0.25) is 4.79 Å². The van der Waals surface area contributed by atoms with Crippen molar-refractivity contribution in [2.75, 3.05) is 0 Å². The van der Waals surface area contributed by atoms with Crippen LogP contribution in [0.2, 0.25) is 0 Å². The molecule has 0 radical (unpaired) electrons. The zero-order valence-corrected chi connectivity index (χ0v) is 14.0. The Balaban J connectivity index is 2.03. The maximum absolute atomic E-state index is 12.5. The van der Waals surface area contributed by atoms with Crippen molar-refractivity contribution < 1.29 is 24.2 Å². The molecule has 1 aromatic heterocycles. The summed E-state index contributed by atoms with van der Waals surface area (Å²) in [5, 5.41) is 21.3. The molecule has 1 aromatic rings. The molecule has 0 bridgehead atoms. The van der Waals surface area contributed by atoms with Crippen LogP contribution in [0.4, 0.5) is 0 Å². The average Bonchev–Trinajstić information content (AvgIpc) is 2.77. The summed E-state index contributed by atoms with van der Waals surface area (Å²) in [6, 6.07) is 1.41. The fraction of sp³-hybridized carbons (Fsp3) is 0.667. The summed E-state index contributed by atoms with van der Waals surface area (Å²) in [4.78, 5) is 24.6. The molecule has 0 amide bonds. The van der Waals surface area contributed by atoms with Gasteiger partial charge >= 0.3 is 11.6 Å². The fourth-order valence-corrected chi connectivity index (χ4v) is 5.51.